The van der Waals surface area contributed by atoms with Crippen molar-refractivity contribution < 1.29 is 23.5 Å². The van der Waals surface area contributed by atoms with E-state index in [2.05, 4.69) is 20.7 Å². The predicted octanol–water partition coefficient (Wildman–Crippen LogP) is 1.98. The number of amides is 2. The third-order valence-corrected chi connectivity index (χ3v) is 3.65. The number of carbonyl (C=O) groups is 3. The molecular formula is C18H19N3O5S. The molecule has 0 aliphatic heterocycles. The number of rotatable bonds is 7. The zero-order valence-corrected chi connectivity index (χ0v) is 15.4. The number of carbonyl (C=O) groups excluding carboxylic acids is 3. The first-order valence-corrected chi connectivity index (χ1v) is 8.47. The van der Waals surface area contributed by atoms with Gasteiger partial charge in [0.05, 0.1) is 26.3 Å². The smallest absolute Gasteiger partial charge is 0.306 e. The number of nitrogens with one attached hydrogen (secondary N) is 3. The number of benzene rings is 1. The van der Waals surface area contributed by atoms with Crippen LogP contribution in [0.1, 0.15) is 29.0 Å². The van der Waals surface area contributed by atoms with E-state index in [1.54, 1.807) is 42.7 Å². The van der Waals surface area contributed by atoms with Crippen LogP contribution in [-0.2, 0) is 20.9 Å². The van der Waals surface area contributed by atoms with E-state index in [-0.39, 0.29) is 23.9 Å². The molecule has 9 heteroatoms. The van der Waals surface area contributed by atoms with Crippen molar-refractivity contribution in [2.45, 2.75) is 19.4 Å². The zero-order valence-electron chi connectivity index (χ0n) is 14.6. The Morgan fingerprint density at radius 3 is 2.48 bits per heavy atom. The van der Waals surface area contributed by atoms with Crippen molar-refractivity contribution in [3.63, 3.8) is 0 Å². The second-order valence-electron chi connectivity index (χ2n) is 5.42. The van der Waals surface area contributed by atoms with Gasteiger partial charge in [0.25, 0.3) is 5.91 Å². The number of esters is 1. The van der Waals surface area contributed by atoms with E-state index < -0.39 is 11.9 Å². The lowest BCUT2D eigenvalue weighted by Crippen LogP contribution is -2.34. The van der Waals surface area contributed by atoms with E-state index >= 15 is 0 Å². The Hall–Kier alpha value is -3.20. The Labute approximate surface area is 161 Å². The lowest BCUT2D eigenvalue weighted by Gasteiger charge is -2.10. The average Bonchev–Trinajstić information content (AvgIpc) is 3.18. The Morgan fingerprint density at radius 1 is 1.11 bits per heavy atom. The van der Waals surface area contributed by atoms with E-state index in [0.717, 1.165) is 0 Å². The fourth-order valence-corrected chi connectivity index (χ4v) is 2.29. The zero-order chi connectivity index (χ0) is 19.6. The van der Waals surface area contributed by atoms with E-state index in [0.29, 0.717) is 23.6 Å². The fourth-order valence-electron chi connectivity index (χ4n) is 2.06. The molecule has 0 saturated heterocycles. The summed E-state index contributed by atoms with van der Waals surface area (Å²) in [5.41, 5.74) is 1.08. The number of hydrogen-bond donors (Lipinski definition) is 3. The molecule has 0 unspecified atom stereocenters. The van der Waals surface area contributed by atoms with Gasteiger partial charge in [-0.2, -0.15) is 0 Å². The lowest BCUT2D eigenvalue weighted by atomic mass is 10.2. The first-order chi connectivity index (χ1) is 13.0. The molecule has 8 nitrogen and oxygen atoms in total. The SMILES string of the molecule is COC(=O)CCC(=O)NC(=S)Nc1ccc(C(=O)NCc2ccco2)cc1. The highest BCUT2D eigenvalue weighted by molar-refractivity contribution is 7.80. The van der Waals surface area contributed by atoms with Crippen LogP contribution in [0.5, 0.6) is 0 Å². The molecule has 142 valence electrons. The monoisotopic (exact) mass is 389 g/mol. The molecule has 0 fully saturated rings. The summed E-state index contributed by atoms with van der Waals surface area (Å²) >= 11 is 5.04. The number of furan rings is 1. The van der Waals surface area contributed by atoms with Gasteiger partial charge in [0.15, 0.2) is 5.11 Å². The van der Waals surface area contributed by atoms with Gasteiger partial charge in [-0.3, -0.25) is 14.4 Å². The van der Waals surface area contributed by atoms with Crippen LogP contribution < -0.4 is 16.0 Å². The first kappa shape index (κ1) is 20.1. The van der Waals surface area contributed by atoms with Gasteiger partial charge in [0.2, 0.25) is 5.91 Å². The molecule has 1 heterocycles. The molecular weight excluding hydrogens is 370 g/mol. The third kappa shape index (κ3) is 6.90. The van der Waals surface area contributed by atoms with Crippen molar-refractivity contribution in [2.75, 3.05) is 12.4 Å². The largest absolute Gasteiger partial charge is 0.469 e. The van der Waals surface area contributed by atoms with E-state index in [9.17, 15) is 14.4 Å². The normalized spacial score (nSPS) is 9.96. The van der Waals surface area contributed by atoms with E-state index in [1.165, 1.54) is 7.11 Å². The minimum absolute atomic E-state index is 0.0211. The molecule has 2 aromatic rings. The Bertz CT molecular complexity index is 803. The van der Waals surface area contributed by atoms with Crippen LogP contribution in [0.3, 0.4) is 0 Å². The summed E-state index contributed by atoms with van der Waals surface area (Å²) in [7, 11) is 1.26. The molecule has 1 aromatic heterocycles. The average molecular weight is 389 g/mol. The highest BCUT2D eigenvalue weighted by Crippen LogP contribution is 2.10. The number of methoxy groups -OCH3 is 1. The van der Waals surface area contributed by atoms with Crippen LogP contribution >= 0.6 is 12.2 Å². The van der Waals surface area contributed by atoms with Crippen LogP contribution in [0, 0.1) is 0 Å². The van der Waals surface area contributed by atoms with Crippen molar-refractivity contribution in [3.05, 3.63) is 54.0 Å². The topological polar surface area (TPSA) is 110 Å². The Kier molecular flexibility index (Phi) is 7.50. The first-order valence-electron chi connectivity index (χ1n) is 8.06. The summed E-state index contributed by atoms with van der Waals surface area (Å²) in [6, 6.07) is 10.1. The quantitative estimate of drug-likeness (QED) is 0.491. The molecule has 0 aliphatic carbocycles. The van der Waals surface area contributed by atoms with Crippen LogP contribution in [0.15, 0.2) is 47.1 Å². The van der Waals surface area contributed by atoms with Crippen LogP contribution in [0.2, 0.25) is 0 Å². The van der Waals surface area contributed by atoms with Gasteiger partial charge in [0, 0.05) is 17.7 Å². The number of ether oxygens (including phenoxy) is 1. The Balaban J connectivity index is 1.78. The standard InChI is InChI=1S/C18H19N3O5S/c1-25-16(23)9-8-15(22)21-18(27)20-13-6-4-12(5-7-13)17(24)19-11-14-3-2-10-26-14/h2-7,10H,8-9,11H2,1H3,(H,19,24)(H2,20,21,22,27). The molecule has 0 spiro atoms. The van der Waals surface area contributed by atoms with Gasteiger partial charge in [0.1, 0.15) is 5.76 Å². The van der Waals surface area contributed by atoms with E-state index in [1.807, 2.05) is 0 Å². The summed E-state index contributed by atoms with van der Waals surface area (Å²) in [6.07, 6.45) is 1.50. The summed E-state index contributed by atoms with van der Waals surface area (Å²) < 4.78 is 9.62. The van der Waals surface area contributed by atoms with Gasteiger partial charge in [-0.25, -0.2) is 0 Å². The van der Waals surface area contributed by atoms with Crippen molar-refractivity contribution >= 4 is 40.8 Å². The summed E-state index contributed by atoms with van der Waals surface area (Å²) in [6.45, 7) is 0.299. The molecule has 1 aromatic carbocycles. The maximum atomic E-state index is 12.1. The maximum Gasteiger partial charge on any atom is 0.306 e. The van der Waals surface area contributed by atoms with Crippen LogP contribution in [0.4, 0.5) is 5.69 Å². The molecule has 3 N–H and O–H groups in total. The molecule has 0 bridgehead atoms. The highest BCUT2D eigenvalue weighted by Gasteiger charge is 2.10. The van der Waals surface area contributed by atoms with Crippen LogP contribution in [-0.4, -0.2) is 30.0 Å². The fraction of sp³-hybridized carbons (Fsp3) is 0.222. The molecule has 0 radical (unpaired) electrons. The molecule has 0 saturated carbocycles. The molecule has 2 rings (SSSR count). The van der Waals surface area contributed by atoms with Crippen LogP contribution in [0.25, 0.3) is 0 Å². The molecule has 0 aliphatic rings. The molecule has 2 amide bonds. The predicted molar refractivity (Wildman–Crippen MR) is 102 cm³/mol. The summed E-state index contributed by atoms with van der Waals surface area (Å²) in [5.74, 6) is -0.441. The lowest BCUT2D eigenvalue weighted by molar-refractivity contribution is -0.142. The highest BCUT2D eigenvalue weighted by atomic mass is 32.1. The Morgan fingerprint density at radius 2 is 1.85 bits per heavy atom. The van der Waals surface area contributed by atoms with Gasteiger partial charge in [-0.1, -0.05) is 0 Å². The number of thiocarbonyl (C=S) groups is 1. The maximum absolute atomic E-state index is 12.1. The van der Waals surface area contributed by atoms with Crippen molar-refractivity contribution in [1.29, 1.82) is 0 Å². The number of hydrogen-bond acceptors (Lipinski definition) is 6. The minimum Gasteiger partial charge on any atom is -0.469 e. The molecule has 0 atom stereocenters. The van der Waals surface area contributed by atoms with Gasteiger partial charge >= 0.3 is 5.97 Å². The summed E-state index contributed by atoms with van der Waals surface area (Å²) in [4.78, 5) is 34.8. The molecule has 27 heavy (non-hydrogen) atoms. The van der Waals surface area contributed by atoms with Crippen molar-refractivity contribution in [3.8, 4) is 0 Å². The van der Waals surface area contributed by atoms with E-state index in [4.69, 9.17) is 16.6 Å². The van der Waals surface area contributed by atoms with Crippen molar-refractivity contribution in [1.82, 2.24) is 10.6 Å². The van der Waals surface area contributed by atoms with Gasteiger partial charge in [-0.05, 0) is 48.6 Å². The van der Waals surface area contributed by atoms with Gasteiger partial charge < -0.3 is 25.1 Å². The summed E-state index contributed by atoms with van der Waals surface area (Å²) in [5, 5.41) is 8.14. The third-order valence-electron chi connectivity index (χ3n) is 3.45. The second-order valence-corrected chi connectivity index (χ2v) is 5.83. The number of anilines is 1. The minimum atomic E-state index is -0.468. The van der Waals surface area contributed by atoms with Crippen molar-refractivity contribution in [2.24, 2.45) is 0 Å². The second kappa shape index (κ2) is 10.1. The van der Waals surface area contributed by atoms with Gasteiger partial charge in [-0.15, -0.1) is 0 Å².